The molecule has 0 saturated heterocycles. The van der Waals surface area contributed by atoms with E-state index in [0.717, 1.165) is 30.3 Å². The Balaban J connectivity index is 2.38. The number of alkyl halides is 3. The summed E-state index contributed by atoms with van der Waals surface area (Å²) in [6.07, 6.45) is -4.66. The molecule has 0 bridgehead atoms. The van der Waals surface area contributed by atoms with E-state index in [1.165, 1.54) is 12.1 Å². The zero-order chi connectivity index (χ0) is 17.2. The fraction of sp³-hybridized carbons (Fsp3) is 0.0714. The quantitative estimate of drug-likeness (QED) is 0.657. The van der Waals surface area contributed by atoms with Gasteiger partial charge in [0, 0.05) is 12.1 Å². The predicted molar refractivity (Wildman–Crippen MR) is 77.5 cm³/mol. The van der Waals surface area contributed by atoms with Crippen molar-refractivity contribution in [1.29, 1.82) is 0 Å². The van der Waals surface area contributed by atoms with Crippen LogP contribution in [0.2, 0.25) is 5.02 Å². The van der Waals surface area contributed by atoms with Crippen molar-refractivity contribution in [2.45, 2.75) is 6.18 Å². The third-order valence-corrected chi connectivity index (χ3v) is 3.22. The van der Waals surface area contributed by atoms with Crippen LogP contribution in [0.1, 0.15) is 15.9 Å². The van der Waals surface area contributed by atoms with E-state index < -0.39 is 33.9 Å². The second-order valence-electron chi connectivity index (χ2n) is 4.42. The first-order valence-electron chi connectivity index (χ1n) is 6.11. The SMILES string of the molecule is O=C(Nc1ccccc1C(F)(F)F)c1cc([N+](=O)[O-])ccc1Cl. The molecule has 0 aromatic heterocycles. The third kappa shape index (κ3) is 3.78. The number of rotatable bonds is 3. The minimum absolute atomic E-state index is 0.113. The Morgan fingerprint density at radius 1 is 1.17 bits per heavy atom. The maximum absolute atomic E-state index is 12.9. The van der Waals surface area contributed by atoms with Gasteiger partial charge in [-0.3, -0.25) is 14.9 Å². The monoisotopic (exact) mass is 344 g/mol. The Morgan fingerprint density at radius 3 is 2.43 bits per heavy atom. The van der Waals surface area contributed by atoms with Gasteiger partial charge in [0.25, 0.3) is 11.6 Å². The summed E-state index contributed by atoms with van der Waals surface area (Å²) in [4.78, 5) is 22.1. The molecule has 9 heteroatoms. The molecule has 2 rings (SSSR count). The van der Waals surface area contributed by atoms with Crippen LogP contribution in [-0.2, 0) is 6.18 Å². The highest BCUT2D eigenvalue weighted by molar-refractivity contribution is 6.34. The van der Waals surface area contributed by atoms with Crippen molar-refractivity contribution in [3.63, 3.8) is 0 Å². The van der Waals surface area contributed by atoms with Crippen LogP contribution < -0.4 is 5.32 Å². The fourth-order valence-electron chi connectivity index (χ4n) is 1.83. The molecule has 1 N–H and O–H groups in total. The van der Waals surface area contributed by atoms with Gasteiger partial charge in [-0.1, -0.05) is 23.7 Å². The van der Waals surface area contributed by atoms with Crippen molar-refractivity contribution < 1.29 is 22.9 Å². The molecule has 2 aromatic rings. The van der Waals surface area contributed by atoms with Gasteiger partial charge in [0.1, 0.15) is 0 Å². The van der Waals surface area contributed by atoms with Gasteiger partial charge in [-0.15, -0.1) is 0 Å². The average Bonchev–Trinajstić information content (AvgIpc) is 2.46. The Labute approximate surface area is 132 Å². The number of nitrogens with one attached hydrogen (secondary N) is 1. The molecule has 0 unspecified atom stereocenters. The summed E-state index contributed by atoms with van der Waals surface area (Å²) < 4.78 is 38.7. The number of benzene rings is 2. The molecule has 120 valence electrons. The molecular weight excluding hydrogens is 337 g/mol. The van der Waals surface area contributed by atoms with E-state index in [1.807, 2.05) is 0 Å². The molecule has 0 atom stereocenters. The van der Waals surface area contributed by atoms with Crippen molar-refractivity contribution in [2.75, 3.05) is 5.32 Å². The fourth-order valence-corrected chi connectivity index (χ4v) is 2.03. The minimum atomic E-state index is -4.66. The van der Waals surface area contributed by atoms with Crippen LogP contribution in [0.5, 0.6) is 0 Å². The second kappa shape index (κ2) is 6.25. The molecule has 0 aliphatic heterocycles. The predicted octanol–water partition coefficient (Wildman–Crippen LogP) is 4.52. The number of anilines is 1. The summed E-state index contributed by atoms with van der Waals surface area (Å²) in [7, 11) is 0. The molecule has 0 radical (unpaired) electrons. The highest BCUT2D eigenvalue weighted by Gasteiger charge is 2.33. The molecule has 0 saturated carbocycles. The summed E-state index contributed by atoms with van der Waals surface area (Å²) in [5.74, 6) is -0.976. The highest BCUT2D eigenvalue weighted by atomic mass is 35.5. The summed E-state index contributed by atoms with van der Waals surface area (Å²) in [5.41, 5.74) is -2.19. The van der Waals surface area contributed by atoms with Crippen molar-refractivity contribution in [3.05, 3.63) is 68.7 Å². The lowest BCUT2D eigenvalue weighted by Gasteiger charge is -2.13. The number of para-hydroxylation sites is 1. The molecular formula is C14H8ClF3N2O3. The Morgan fingerprint density at radius 2 is 1.83 bits per heavy atom. The highest BCUT2D eigenvalue weighted by Crippen LogP contribution is 2.35. The maximum atomic E-state index is 12.9. The number of nitro groups is 1. The van der Waals surface area contributed by atoms with Crippen LogP contribution in [0.25, 0.3) is 0 Å². The van der Waals surface area contributed by atoms with Crippen LogP contribution in [-0.4, -0.2) is 10.8 Å². The number of halogens is 4. The smallest absolute Gasteiger partial charge is 0.321 e. The molecule has 5 nitrogen and oxygen atoms in total. The molecule has 0 aliphatic carbocycles. The van der Waals surface area contributed by atoms with Gasteiger partial charge in [-0.2, -0.15) is 13.2 Å². The first kappa shape index (κ1) is 16.8. The van der Waals surface area contributed by atoms with Crippen molar-refractivity contribution in [3.8, 4) is 0 Å². The van der Waals surface area contributed by atoms with Crippen LogP contribution in [0, 0.1) is 10.1 Å². The molecule has 1 amide bonds. The molecule has 0 fully saturated rings. The lowest BCUT2D eigenvalue weighted by molar-refractivity contribution is -0.384. The molecule has 2 aromatic carbocycles. The van der Waals surface area contributed by atoms with E-state index in [2.05, 4.69) is 5.32 Å². The maximum Gasteiger partial charge on any atom is 0.418 e. The number of amides is 1. The summed E-state index contributed by atoms with van der Waals surface area (Å²) in [5, 5.41) is 12.7. The van der Waals surface area contributed by atoms with E-state index >= 15 is 0 Å². The first-order chi connectivity index (χ1) is 10.7. The van der Waals surface area contributed by atoms with Crippen molar-refractivity contribution in [2.24, 2.45) is 0 Å². The van der Waals surface area contributed by atoms with Crippen LogP contribution in [0.4, 0.5) is 24.5 Å². The lowest BCUT2D eigenvalue weighted by atomic mass is 10.1. The van der Waals surface area contributed by atoms with E-state index in [0.29, 0.717) is 0 Å². The van der Waals surface area contributed by atoms with Gasteiger partial charge in [-0.05, 0) is 18.2 Å². The number of nitrogens with zero attached hydrogens (tertiary/aromatic N) is 1. The number of hydrogen-bond donors (Lipinski definition) is 1. The number of carbonyl (C=O) groups excluding carboxylic acids is 1. The zero-order valence-corrected chi connectivity index (χ0v) is 12.0. The molecule has 0 heterocycles. The number of nitro benzene ring substituents is 1. The summed E-state index contributed by atoms with van der Waals surface area (Å²) >= 11 is 5.79. The number of carbonyl (C=O) groups is 1. The topological polar surface area (TPSA) is 72.2 Å². The van der Waals surface area contributed by atoms with E-state index in [4.69, 9.17) is 11.6 Å². The van der Waals surface area contributed by atoms with Crippen molar-refractivity contribution in [1.82, 2.24) is 0 Å². The van der Waals surface area contributed by atoms with E-state index in [9.17, 15) is 28.1 Å². The van der Waals surface area contributed by atoms with Crippen LogP contribution >= 0.6 is 11.6 Å². The van der Waals surface area contributed by atoms with Gasteiger partial charge < -0.3 is 5.32 Å². The lowest BCUT2D eigenvalue weighted by Crippen LogP contribution is -2.17. The zero-order valence-electron chi connectivity index (χ0n) is 11.2. The van der Waals surface area contributed by atoms with E-state index in [-0.39, 0.29) is 10.6 Å². The van der Waals surface area contributed by atoms with Gasteiger partial charge in [0.15, 0.2) is 0 Å². The third-order valence-electron chi connectivity index (χ3n) is 2.89. The van der Waals surface area contributed by atoms with Crippen LogP contribution in [0.3, 0.4) is 0 Å². The van der Waals surface area contributed by atoms with Gasteiger partial charge in [0.05, 0.1) is 26.8 Å². The van der Waals surface area contributed by atoms with Gasteiger partial charge in [0.2, 0.25) is 0 Å². The summed E-state index contributed by atoms with van der Waals surface area (Å²) in [6.45, 7) is 0. The molecule has 23 heavy (non-hydrogen) atoms. The van der Waals surface area contributed by atoms with Crippen molar-refractivity contribution >= 4 is 28.9 Å². The van der Waals surface area contributed by atoms with E-state index in [1.54, 1.807) is 0 Å². The largest absolute Gasteiger partial charge is 0.418 e. The van der Waals surface area contributed by atoms with Crippen LogP contribution in [0.15, 0.2) is 42.5 Å². The molecule has 0 spiro atoms. The second-order valence-corrected chi connectivity index (χ2v) is 4.83. The Kier molecular flexibility index (Phi) is 4.55. The molecule has 0 aliphatic rings. The Hall–Kier alpha value is -2.61. The normalized spacial score (nSPS) is 11.1. The minimum Gasteiger partial charge on any atom is -0.321 e. The first-order valence-corrected chi connectivity index (χ1v) is 6.49. The standard InChI is InChI=1S/C14H8ClF3N2O3/c15-11-6-5-8(20(22)23)7-9(11)13(21)19-12-4-2-1-3-10(12)14(16,17)18/h1-7H,(H,19,21). The summed E-state index contributed by atoms with van der Waals surface area (Å²) in [6, 6.07) is 7.50. The number of hydrogen-bond acceptors (Lipinski definition) is 3. The van der Waals surface area contributed by atoms with Gasteiger partial charge >= 0.3 is 6.18 Å². The van der Waals surface area contributed by atoms with Gasteiger partial charge in [-0.25, -0.2) is 0 Å². The number of non-ortho nitro benzene ring substituents is 1. The Bertz CT molecular complexity index is 778. The average molecular weight is 345 g/mol.